The summed E-state index contributed by atoms with van der Waals surface area (Å²) in [5, 5.41) is 47.9. The van der Waals surface area contributed by atoms with Crippen LogP contribution in [0.15, 0.2) is 10.2 Å². The summed E-state index contributed by atoms with van der Waals surface area (Å²) in [6.07, 6.45) is -3.07. The third-order valence-corrected chi connectivity index (χ3v) is 3.37. The summed E-state index contributed by atoms with van der Waals surface area (Å²) in [4.78, 5) is 11.7. The number of terminal acetylenes is 1. The molecule has 0 aromatic carbocycles. The average Bonchev–Trinajstić information content (AvgIpc) is 3.26. The minimum absolute atomic E-state index is 0.0115. The van der Waals surface area contributed by atoms with Crippen LogP contribution in [0.4, 0.5) is 4.79 Å². The summed E-state index contributed by atoms with van der Waals surface area (Å²) in [6.45, 7) is -0.594. The van der Waals surface area contributed by atoms with E-state index in [2.05, 4.69) is 21.5 Å². The standard InChI is InChI=1S/C12H17N3O7/c1-2-3-12(14-15-12)5-13-11(20)22-9-8(18)7(17)6(4-16)21-10(9)19/h1,6-10,16-19H,3-5H2,(H,13,20)/t6?,7-,8+,9?,10?/m1/s1. The molecule has 2 aliphatic rings. The first kappa shape index (κ1) is 16.6. The molecular weight excluding hydrogens is 298 g/mol. The normalized spacial score (nSPS) is 35.5. The van der Waals surface area contributed by atoms with Crippen molar-refractivity contribution in [2.45, 2.75) is 42.8 Å². The quantitative estimate of drug-likeness (QED) is 0.357. The Morgan fingerprint density at radius 1 is 1.36 bits per heavy atom. The second kappa shape index (κ2) is 6.55. The SMILES string of the molecule is C#CCC1(CNC(=O)OC2C(O)OC(CO)[C@@H](O)[C@@H]2O)N=N1. The topological polar surface area (TPSA) is 153 Å². The van der Waals surface area contributed by atoms with Gasteiger partial charge < -0.3 is 35.2 Å². The minimum atomic E-state index is -1.68. The van der Waals surface area contributed by atoms with Crippen LogP contribution in [0.3, 0.4) is 0 Å². The number of nitrogens with one attached hydrogen (secondary N) is 1. The first-order chi connectivity index (χ1) is 10.4. The first-order valence-electron chi connectivity index (χ1n) is 6.55. The molecule has 122 valence electrons. The fourth-order valence-electron chi connectivity index (χ4n) is 2.02. The van der Waals surface area contributed by atoms with E-state index >= 15 is 0 Å². The van der Waals surface area contributed by atoms with Crippen LogP contribution < -0.4 is 5.32 Å². The van der Waals surface area contributed by atoms with Crippen LogP contribution in [0.5, 0.6) is 0 Å². The van der Waals surface area contributed by atoms with E-state index in [1.807, 2.05) is 0 Å². The number of ether oxygens (including phenoxy) is 2. The molecule has 5 N–H and O–H groups in total. The summed E-state index contributed by atoms with van der Waals surface area (Å²) in [6, 6.07) is 0. The van der Waals surface area contributed by atoms with Crippen LogP contribution in [0, 0.1) is 12.3 Å². The molecule has 2 heterocycles. The molecular formula is C12H17N3O7. The molecule has 1 saturated heterocycles. The Hall–Kier alpha value is -1.77. The molecule has 3 unspecified atom stereocenters. The maximum atomic E-state index is 11.7. The zero-order chi connectivity index (χ0) is 16.3. The molecule has 1 amide bonds. The van der Waals surface area contributed by atoms with Gasteiger partial charge in [0.1, 0.15) is 18.3 Å². The van der Waals surface area contributed by atoms with Crippen molar-refractivity contribution in [3.8, 4) is 12.3 Å². The predicted octanol–water partition coefficient (Wildman–Crippen LogP) is -2.30. The van der Waals surface area contributed by atoms with Gasteiger partial charge in [-0.1, -0.05) is 0 Å². The molecule has 10 nitrogen and oxygen atoms in total. The maximum absolute atomic E-state index is 11.7. The molecule has 0 bridgehead atoms. The van der Waals surface area contributed by atoms with Crippen LogP contribution >= 0.6 is 0 Å². The molecule has 0 spiro atoms. The van der Waals surface area contributed by atoms with Crippen molar-refractivity contribution in [1.82, 2.24) is 5.32 Å². The third-order valence-electron chi connectivity index (χ3n) is 3.37. The Kier molecular flexibility index (Phi) is 4.94. The molecule has 0 saturated carbocycles. The van der Waals surface area contributed by atoms with E-state index in [9.17, 15) is 20.1 Å². The van der Waals surface area contributed by atoms with E-state index in [0.29, 0.717) is 0 Å². The molecule has 5 atom stereocenters. The summed E-state index contributed by atoms with van der Waals surface area (Å²) >= 11 is 0. The van der Waals surface area contributed by atoms with Gasteiger partial charge in [0.05, 0.1) is 19.6 Å². The maximum Gasteiger partial charge on any atom is 0.407 e. The number of aliphatic hydroxyl groups is 4. The van der Waals surface area contributed by atoms with Crippen molar-refractivity contribution >= 4 is 6.09 Å². The summed E-state index contributed by atoms with van der Waals surface area (Å²) in [5.74, 6) is 2.37. The van der Waals surface area contributed by atoms with E-state index in [1.54, 1.807) is 0 Å². The van der Waals surface area contributed by atoms with Crippen molar-refractivity contribution in [3.05, 3.63) is 0 Å². The monoisotopic (exact) mass is 315 g/mol. The van der Waals surface area contributed by atoms with Crippen molar-refractivity contribution in [1.29, 1.82) is 0 Å². The molecule has 0 aromatic heterocycles. The molecule has 2 rings (SSSR count). The van der Waals surface area contributed by atoms with Crippen LogP contribution in [0.2, 0.25) is 0 Å². The van der Waals surface area contributed by atoms with Crippen LogP contribution in [0.25, 0.3) is 0 Å². The number of rotatable bonds is 5. The highest BCUT2D eigenvalue weighted by Crippen LogP contribution is 2.30. The molecule has 10 heteroatoms. The molecule has 1 fully saturated rings. The number of carbonyl (C=O) groups excluding carboxylic acids is 1. The zero-order valence-corrected chi connectivity index (χ0v) is 11.5. The van der Waals surface area contributed by atoms with E-state index < -0.39 is 49.1 Å². The Labute approximate surface area is 125 Å². The first-order valence-corrected chi connectivity index (χ1v) is 6.55. The Balaban J connectivity index is 1.84. The average molecular weight is 315 g/mol. The molecule has 2 aliphatic heterocycles. The van der Waals surface area contributed by atoms with Crippen molar-refractivity contribution < 1.29 is 34.7 Å². The largest absolute Gasteiger partial charge is 0.438 e. The molecule has 0 aromatic rings. The molecule has 22 heavy (non-hydrogen) atoms. The van der Waals surface area contributed by atoms with Gasteiger partial charge in [-0.15, -0.1) is 12.3 Å². The Bertz CT molecular complexity index is 486. The van der Waals surface area contributed by atoms with Gasteiger partial charge in [-0.05, 0) is 0 Å². The number of nitrogens with zero attached hydrogens (tertiary/aromatic N) is 2. The highest BCUT2D eigenvalue weighted by atomic mass is 16.7. The lowest BCUT2D eigenvalue weighted by Crippen LogP contribution is -2.60. The lowest BCUT2D eigenvalue weighted by atomic mass is 9.99. The number of hydrogen-bond donors (Lipinski definition) is 5. The Morgan fingerprint density at radius 3 is 2.59 bits per heavy atom. The van der Waals surface area contributed by atoms with Crippen molar-refractivity contribution in [2.24, 2.45) is 10.2 Å². The van der Waals surface area contributed by atoms with E-state index in [0.717, 1.165) is 0 Å². The number of carbonyl (C=O) groups is 1. The smallest absolute Gasteiger partial charge is 0.407 e. The second-order valence-corrected chi connectivity index (χ2v) is 5.02. The van der Waals surface area contributed by atoms with Gasteiger partial charge in [0.25, 0.3) is 0 Å². The van der Waals surface area contributed by atoms with Crippen molar-refractivity contribution in [3.63, 3.8) is 0 Å². The van der Waals surface area contributed by atoms with Crippen LogP contribution in [-0.4, -0.2) is 76.0 Å². The van der Waals surface area contributed by atoms with E-state index in [-0.39, 0.29) is 13.0 Å². The molecule has 0 radical (unpaired) electrons. The lowest BCUT2D eigenvalue weighted by Gasteiger charge is -2.39. The molecule has 0 aliphatic carbocycles. The Morgan fingerprint density at radius 2 is 2.05 bits per heavy atom. The third kappa shape index (κ3) is 3.52. The van der Waals surface area contributed by atoms with Gasteiger partial charge in [-0.3, -0.25) is 0 Å². The van der Waals surface area contributed by atoms with Gasteiger partial charge in [0.2, 0.25) is 5.66 Å². The number of hydrogen-bond acceptors (Lipinski definition) is 9. The van der Waals surface area contributed by atoms with Gasteiger partial charge in [-0.2, -0.15) is 10.2 Å². The summed E-state index contributed by atoms with van der Waals surface area (Å²) < 4.78 is 9.68. The van der Waals surface area contributed by atoms with Gasteiger partial charge >= 0.3 is 6.09 Å². The number of amides is 1. The second-order valence-electron chi connectivity index (χ2n) is 5.02. The van der Waals surface area contributed by atoms with Gasteiger partial charge in [-0.25, -0.2) is 4.79 Å². The number of aliphatic hydroxyl groups excluding tert-OH is 4. The fraction of sp³-hybridized carbons (Fsp3) is 0.750. The summed E-state index contributed by atoms with van der Waals surface area (Å²) in [5.41, 5.74) is -0.838. The minimum Gasteiger partial charge on any atom is -0.438 e. The summed E-state index contributed by atoms with van der Waals surface area (Å²) in [7, 11) is 0. The fourth-order valence-corrected chi connectivity index (χ4v) is 2.02. The van der Waals surface area contributed by atoms with Crippen LogP contribution in [-0.2, 0) is 9.47 Å². The van der Waals surface area contributed by atoms with Crippen LogP contribution in [0.1, 0.15) is 6.42 Å². The van der Waals surface area contributed by atoms with Gasteiger partial charge in [0.15, 0.2) is 12.4 Å². The van der Waals surface area contributed by atoms with Gasteiger partial charge in [0, 0.05) is 0 Å². The van der Waals surface area contributed by atoms with Crippen molar-refractivity contribution in [2.75, 3.05) is 13.2 Å². The highest BCUT2D eigenvalue weighted by molar-refractivity contribution is 5.67. The zero-order valence-electron chi connectivity index (χ0n) is 11.5. The lowest BCUT2D eigenvalue weighted by molar-refractivity contribution is -0.285. The highest BCUT2D eigenvalue weighted by Gasteiger charge is 2.46. The number of alkyl carbamates (subject to hydrolysis) is 1. The van der Waals surface area contributed by atoms with E-state index in [1.165, 1.54) is 0 Å². The van der Waals surface area contributed by atoms with E-state index in [4.69, 9.17) is 21.0 Å². The predicted molar refractivity (Wildman–Crippen MR) is 69.3 cm³/mol.